The Balaban J connectivity index is 4.28. The van der Waals surface area contributed by atoms with Gasteiger partial charge in [0, 0.05) is 19.4 Å². The van der Waals surface area contributed by atoms with E-state index >= 15 is 0 Å². The number of aliphatic hydroxyl groups excluding tert-OH is 1. The first kappa shape index (κ1) is 55.7. The molecule has 0 bridgehead atoms. The lowest BCUT2D eigenvalue weighted by molar-refractivity contribution is -0.161. The predicted molar refractivity (Wildman–Crippen MR) is 239 cm³/mol. The molecular formula is C47H84NO9P. The Morgan fingerprint density at radius 2 is 1.09 bits per heavy atom. The van der Waals surface area contributed by atoms with Crippen LogP contribution in [0.2, 0.25) is 0 Å². The number of phosphoric ester groups is 1. The second-order valence-electron chi connectivity index (χ2n) is 15.1. The van der Waals surface area contributed by atoms with Crippen molar-refractivity contribution in [2.75, 3.05) is 26.4 Å². The maximum atomic E-state index is 12.6. The van der Waals surface area contributed by atoms with Crippen molar-refractivity contribution >= 4 is 19.8 Å². The largest absolute Gasteiger partial charge is 0.472 e. The molecule has 0 amide bonds. The van der Waals surface area contributed by atoms with Crippen LogP contribution in [0, 0.1) is 0 Å². The average Bonchev–Trinajstić information content (AvgIpc) is 3.20. The predicted octanol–water partition coefficient (Wildman–Crippen LogP) is 12.2. The number of unbranched alkanes of at least 4 members (excludes halogenated alkanes) is 18. The lowest BCUT2D eigenvalue weighted by Gasteiger charge is -2.20. The number of hydrogen-bond donors (Lipinski definition) is 3. The van der Waals surface area contributed by atoms with Crippen molar-refractivity contribution in [3.05, 3.63) is 60.8 Å². The number of phosphoric acid groups is 1. The zero-order chi connectivity index (χ0) is 42.6. The molecule has 0 radical (unpaired) electrons. The van der Waals surface area contributed by atoms with Gasteiger partial charge in [-0.3, -0.25) is 18.6 Å². The van der Waals surface area contributed by atoms with Gasteiger partial charge < -0.3 is 25.2 Å². The monoisotopic (exact) mass is 838 g/mol. The van der Waals surface area contributed by atoms with E-state index in [1.807, 2.05) is 12.2 Å². The van der Waals surface area contributed by atoms with Gasteiger partial charge in [-0.05, 0) is 44.9 Å². The second kappa shape index (κ2) is 42.8. The Morgan fingerprint density at radius 3 is 1.60 bits per heavy atom. The number of hydrogen-bond acceptors (Lipinski definition) is 9. The minimum absolute atomic E-state index is 0.0261. The van der Waals surface area contributed by atoms with Crippen molar-refractivity contribution in [1.82, 2.24) is 0 Å². The third-order valence-corrected chi connectivity index (χ3v) is 10.5. The topological polar surface area (TPSA) is 155 Å². The van der Waals surface area contributed by atoms with Gasteiger partial charge in [-0.2, -0.15) is 0 Å². The molecule has 0 saturated heterocycles. The minimum atomic E-state index is -4.42. The highest BCUT2D eigenvalue weighted by atomic mass is 31.2. The van der Waals surface area contributed by atoms with E-state index in [9.17, 15) is 24.2 Å². The van der Waals surface area contributed by atoms with Crippen LogP contribution in [0.3, 0.4) is 0 Å². The SMILES string of the molecule is CC/C=C\C/C=C\C/C=C\C/C=C\C=C\C(O)CCCC(=O)OC[C@H](COP(=O)(O)OCCN)OC(=O)CCCCCCCCCCCCCCCCCCCCC. The molecule has 0 aromatic rings. The quantitative estimate of drug-likeness (QED) is 0.0178. The van der Waals surface area contributed by atoms with Crippen LogP contribution in [-0.4, -0.2) is 60.5 Å². The van der Waals surface area contributed by atoms with Gasteiger partial charge in [-0.25, -0.2) is 4.57 Å². The number of allylic oxidation sites excluding steroid dienone is 9. The van der Waals surface area contributed by atoms with Crippen molar-refractivity contribution < 1.29 is 42.7 Å². The van der Waals surface area contributed by atoms with Crippen LogP contribution < -0.4 is 5.73 Å². The molecule has 0 aromatic carbocycles. The molecule has 0 rings (SSSR count). The van der Waals surface area contributed by atoms with Crippen LogP contribution in [0.25, 0.3) is 0 Å². The summed E-state index contributed by atoms with van der Waals surface area (Å²) in [4.78, 5) is 34.9. The zero-order valence-electron chi connectivity index (χ0n) is 36.6. The Bertz CT molecular complexity index is 1150. The van der Waals surface area contributed by atoms with Crippen molar-refractivity contribution in [1.29, 1.82) is 0 Å². The molecule has 11 heteroatoms. The van der Waals surface area contributed by atoms with Crippen molar-refractivity contribution in [2.45, 2.75) is 199 Å². The van der Waals surface area contributed by atoms with Gasteiger partial charge in [-0.15, -0.1) is 0 Å². The van der Waals surface area contributed by atoms with Gasteiger partial charge in [0.15, 0.2) is 6.10 Å². The average molecular weight is 838 g/mol. The molecule has 0 aliphatic carbocycles. The fraction of sp³-hybridized carbons (Fsp3) is 0.745. The molecule has 58 heavy (non-hydrogen) atoms. The van der Waals surface area contributed by atoms with E-state index in [0.717, 1.165) is 44.9 Å². The summed E-state index contributed by atoms with van der Waals surface area (Å²) in [6.45, 7) is 3.41. The molecule has 0 aliphatic heterocycles. The van der Waals surface area contributed by atoms with Crippen LogP contribution in [0.1, 0.15) is 187 Å². The lowest BCUT2D eigenvalue weighted by Crippen LogP contribution is -2.29. The molecule has 0 spiro atoms. The van der Waals surface area contributed by atoms with Gasteiger partial charge in [-0.1, -0.05) is 190 Å². The highest BCUT2D eigenvalue weighted by molar-refractivity contribution is 7.47. The molecule has 0 heterocycles. The number of esters is 2. The summed E-state index contributed by atoms with van der Waals surface area (Å²) in [6, 6.07) is 0. The van der Waals surface area contributed by atoms with Crippen molar-refractivity contribution in [3.8, 4) is 0 Å². The van der Waals surface area contributed by atoms with Crippen LogP contribution in [0.15, 0.2) is 60.8 Å². The van der Waals surface area contributed by atoms with Gasteiger partial charge in [0.2, 0.25) is 0 Å². The minimum Gasteiger partial charge on any atom is -0.462 e. The summed E-state index contributed by atoms with van der Waals surface area (Å²) in [5.74, 6) is -1.03. The van der Waals surface area contributed by atoms with Crippen LogP contribution in [0.5, 0.6) is 0 Å². The summed E-state index contributed by atoms with van der Waals surface area (Å²) in [6.07, 6.45) is 47.1. The number of aliphatic hydroxyl groups is 1. The van der Waals surface area contributed by atoms with Crippen LogP contribution in [0.4, 0.5) is 0 Å². The van der Waals surface area contributed by atoms with Crippen molar-refractivity contribution in [3.63, 3.8) is 0 Å². The maximum Gasteiger partial charge on any atom is 0.472 e. The summed E-state index contributed by atoms with van der Waals surface area (Å²) in [5, 5.41) is 10.2. The molecule has 2 unspecified atom stereocenters. The second-order valence-corrected chi connectivity index (χ2v) is 16.6. The number of carbonyl (C=O) groups is 2. The van der Waals surface area contributed by atoms with Gasteiger partial charge in [0.05, 0.1) is 19.3 Å². The maximum absolute atomic E-state index is 12.6. The van der Waals surface area contributed by atoms with Gasteiger partial charge >= 0.3 is 19.8 Å². The number of carbonyl (C=O) groups excluding carboxylic acids is 2. The van der Waals surface area contributed by atoms with E-state index in [0.29, 0.717) is 19.3 Å². The molecule has 0 aromatic heterocycles. The number of rotatable bonds is 42. The van der Waals surface area contributed by atoms with E-state index in [1.54, 1.807) is 12.2 Å². The Hall–Kier alpha value is -2.33. The molecule has 0 aliphatic rings. The summed E-state index contributed by atoms with van der Waals surface area (Å²) in [7, 11) is -4.42. The fourth-order valence-corrected chi connectivity index (χ4v) is 6.90. The van der Waals surface area contributed by atoms with Crippen LogP contribution in [-0.2, 0) is 32.7 Å². The molecule has 4 N–H and O–H groups in total. The van der Waals surface area contributed by atoms with E-state index in [4.69, 9.17) is 24.3 Å². The van der Waals surface area contributed by atoms with Gasteiger partial charge in [0.25, 0.3) is 0 Å². The molecule has 0 fully saturated rings. The van der Waals surface area contributed by atoms with Gasteiger partial charge in [0.1, 0.15) is 6.61 Å². The standard InChI is InChI=1S/C47H84NO9P/c1-3-5-7-9-11-13-15-17-18-19-20-21-22-24-26-28-30-32-34-38-47(51)57-45(43-56-58(52,53)55-41-40-48)42-54-46(50)39-35-37-44(49)36-33-31-29-27-25-23-16-14-12-10-8-6-4-2/h6,8,12,14,23,25,29,31,33,36,44-45,49H,3-5,7,9-11,13,15-22,24,26-28,30,32,34-35,37-43,48H2,1-2H3,(H,52,53)/b8-6-,14-12-,25-23-,31-29-,36-33+/t44?,45-/m1/s1. The highest BCUT2D eigenvalue weighted by Gasteiger charge is 2.26. The summed E-state index contributed by atoms with van der Waals surface area (Å²) < 4.78 is 32.7. The first-order valence-electron chi connectivity index (χ1n) is 22.9. The van der Waals surface area contributed by atoms with E-state index in [-0.39, 0.29) is 32.6 Å². The third kappa shape index (κ3) is 41.8. The zero-order valence-corrected chi connectivity index (χ0v) is 37.5. The summed E-state index contributed by atoms with van der Waals surface area (Å²) >= 11 is 0. The highest BCUT2D eigenvalue weighted by Crippen LogP contribution is 2.43. The van der Waals surface area contributed by atoms with E-state index in [1.165, 1.54) is 96.3 Å². The smallest absolute Gasteiger partial charge is 0.462 e. The molecule has 0 saturated carbocycles. The lowest BCUT2D eigenvalue weighted by atomic mass is 10.0. The first-order valence-corrected chi connectivity index (χ1v) is 24.4. The Kier molecular flexibility index (Phi) is 41.1. The molecular weight excluding hydrogens is 753 g/mol. The summed E-state index contributed by atoms with van der Waals surface area (Å²) in [5.41, 5.74) is 5.34. The van der Waals surface area contributed by atoms with Crippen LogP contribution >= 0.6 is 7.82 Å². The van der Waals surface area contributed by atoms with E-state index < -0.39 is 38.6 Å². The third-order valence-electron chi connectivity index (χ3n) is 9.52. The first-order chi connectivity index (χ1) is 28.2. The fourth-order valence-electron chi connectivity index (χ4n) is 6.13. The van der Waals surface area contributed by atoms with E-state index in [2.05, 4.69) is 50.3 Å². The number of ether oxygens (including phenoxy) is 2. The number of nitrogens with two attached hydrogens (primary N) is 1. The molecule has 336 valence electrons. The Labute approximate surface area is 353 Å². The molecule has 3 atom stereocenters. The Morgan fingerprint density at radius 1 is 0.603 bits per heavy atom. The normalized spacial score (nSPS) is 14.4. The van der Waals surface area contributed by atoms with Crippen molar-refractivity contribution in [2.24, 2.45) is 5.73 Å². The molecule has 10 nitrogen and oxygen atoms in total.